The number of nitro groups is 1. The third-order valence-electron chi connectivity index (χ3n) is 3.76. The number of aryl methyl sites for hydroxylation is 2. The zero-order valence-corrected chi connectivity index (χ0v) is 16.3. The van der Waals surface area contributed by atoms with E-state index in [1.165, 1.54) is 19.2 Å². The highest BCUT2D eigenvalue weighted by atomic mass is 35.5. The lowest BCUT2D eigenvalue weighted by molar-refractivity contribution is -0.384. The van der Waals surface area contributed by atoms with Gasteiger partial charge in [-0.15, -0.1) is 0 Å². The van der Waals surface area contributed by atoms with Gasteiger partial charge in [0.2, 0.25) is 0 Å². The first-order valence-electron chi connectivity index (χ1n) is 8.35. The first kappa shape index (κ1) is 21.6. The fourth-order valence-electron chi connectivity index (χ4n) is 2.35. The molecule has 0 atom stereocenters. The fraction of sp³-hybridized carbons (Fsp3) is 0.368. The molecule has 140 valence electrons. The Morgan fingerprint density at radius 3 is 2.54 bits per heavy atom. The monoisotopic (exact) mass is 377 g/mol. The van der Waals surface area contributed by atoms with Crippen molar-refractivity contribution >= 4 is 23.0 Å². The predicted octanol–water partition coefficient (Wildman–Crippen LogP) is 5.38. The molecule has 0 amide bonds. The van der Waals surface area contributed by atoms with Crippen molar-refractivity contribution in [3.8, 4) is 5.75 Å². The van der Waals surface area contributed by atoms with Crippen molar-refractivity contribution < 1.29 is 9.66 Å². The molecular formula is C19H24ClN3O3. The lowest BCUT2D eigenvalue weighted by Crippen LogP contribution is -2.00. The highest BCUT2D eigenvalue weighted by molar-refractivity contribution is 6.29. The Morgan fingerprint density at radius 2 is 2.04 bits per heavy atom. The highest BCUT2D eigenvalue weighted by Crippen LogP contribution is 2.25. The summed E-state index contributed by atoms with van der Waals surface area (Å²) >= 11 is 5.68. The topological polar surface area (TPSA) is 89.1 Å². The largest absolute Gasteiger partial charge is 0.496 e. The highest BCUT2D eigenvalue weighted by Gasteiger charge is 2.10. The lowest BCUT2D eigenvalue weighted by atomic mass is 10.1. The molecule has 0 aliphatic heterocycles. The molecule has 0 fully saturated rings. The zero-order valence-electron chi connectivity index (χ0n) is 15.5. The van der Waals surface area contributed by atoms with Gasteiger partial charge >= 0.3 is 0 Å². The molecule has 6 nitrogen and oxygen atoms in total. The number of nitrogens with one attached hydrogen (secondary N) is 1. The van der Waals surface area contributed by atoms with Crippen LogP contribution in [0.5, 0.6) is 5.75 Å². The van der Waals surface area contributed by atoms with Crippen LogP contribution in [0.25, 0.3) is 0 Å². The Balaban J connectivity index is 0.000000263. The van der Waals surface area contributed by atoms with Gasteiger partial charge in [0.05, 0.1) is 18.1 Å². The van der Waals surface area contributed by atoms with Crippen LogP contribution in [-0.4, -0.2) is 22.7 Å². The summed E-state index contributed by atoms with van der Waals surface area (Å²) in [6.45, 7) is 5.95. The molecule has 1 aromatic heterocycles. The molecular weight excluding hydrogens is 354 g/mol. The number of hydrogen-bond acceptors (Lipinski definition) is 5. The van der Waals surface area contributed by atoms with Gasteiger partial charge in [0.1, 0.15) is 10.9 Å². The summed E-state index contributed by atoms with van der Waals surface area (Å²) in [5, 5.41) is 18.6. The molecule has 1 aromatic carbocycles. The molecule has 1 heterocycles. The molecule has 0 saturated heterocycles. The minimum atomic E-state index is -0.418. The third-order valence-corrected chi connectivity index (χ3v) is 3.96. The fourth-order valence-corrected chi connectivity index (χ4v) is 2.56. The van der Waals surface area contributed by atoms with Crippen molar-refractivity contribution in [2.45, 2.75) is 40.0 Å². The maximum atomic E-state index is 10.5. The van der Waals surface area contributed by atoms with Crippen molar-refractivity contribution in [3.63, 3.8) is 0 Å². The zero-order chi connectivity index (χ0) is 19.7. The van der Waals surface area contributed by atoms with Crippen molar-refractivity contribution in [2.75, 3.05) is 7.11 Å². The number of pyridine rings is 1. The number of hydrogen-bond donors (Lipinski definition) is 1. The molecule has 0 bridgehead atoms. The average Bonchev–Trinajstić information content (AvgIpc) is 2.62. The number of methoxy groups -OCH3 is 1. The van der Waals surface area contributed by atoms with Crippen LogP contribution in [-0.2, 0) is 6.42 Å². The Morgan fingerprint density at radius 1 is 1.35 bits per heavy atom. The second-order valence-corrected chi connectivity index (χ2v) is 6.04. The van der Waals surface area contributed by atoms with E-state index in [0.29, 0.717) is 16.6 Å². The van der Waals surface area contributed by atoms with Crippen molar-refractivity contribution in [1.29, 1.82) is 5.41 Å². The summed E-state index contributed by atoms with van der Waals surface area (Å²) in [6, 6.07) is 6.50. The van der Waals surface area contributed by atoms with E-state index in [9.17, 15) is 10.1 Å². The lowest BCUT2D eigenvalue weighted by Gasteiger charge is -2.06. The number of non-ortho nitro benzene ring substituents is 1. The molecule has 26 heavy (non-hydrogen) atoms. The summed E-state index contributed by atoms with van der Waals surface area (Å²) < 4.78 is 5.08. The van der Waals surface area contributed by atoms with Crippen molar-refractivity contribution in [1.82, 2.24) is 4.98 Å². The molecule has 0 unspecified atom stereocenters. The van der Waals surface area contributed by atoms with Crippen molar-refractivity contribution in [2.24, 2.45) is 0 Å². The number of nitro benzene ring substituents is 1. The molecule has 0 saturated carbocycles. The van der Waals surface area contributed by atoms with E-state index in [1.807, 2.05) is 13.8 Å². The minimum Gasteiger partial charge on any atom is -0.496 e. The van der Waals surface area contributed by atoms with E-state index in [-0.39, 0.29) is 5.69 Å². The molecule has 7 heteroatoms. The van der Waals surface area contributed by atoms with Crippen LogP contribution in [0.3, 0.4) is 0 Å². The molecule has 0 aliphatic carbocycles. The number of ether oxygens (including phenoxy) is 1. The van der Waals surface area contributed by atoms with Crippen molar-refractivity contribution in [3.05, 3.63) is 62.4 Å². The Kier molecular flexibility index (Phi) is 8.72. The molecule has 2 rings (SSSR count). The smallest absolute Gasteiger partial charge is 0.273 e. The number of aromatic nitrogens is 1. The average molecular weight is 378 g/mol. The predicted molar refractivity (Wildman–Crippen MR) is 105 cm³/mol. The third kappa shape index (κ3) is 6.11. The maximum Gasteiger partial charge on any atom is 0.273 e. The number of halogens is 1. The van der Waals surface area contributed by atoms with Gasteiger partial charge in [-0.25, -0.2) is 4.98 Å². The molecule has 2 aromatic rings. The van der Waals surface area contributed by atoms with Crippen LogP contribution < -0.4 is 4.74 Å². The van der Waals surface area contributed by atoms with Crippen LogP contribution in [0, 0.1) is 22.4 Å². The van der Waals surface area contributed by atoms with Gasteiger partial charge < -0.3 is 10.1 Å². The maximum absolute atomic E-state index is 10.5. The summed E-state index contributed by atoms with van der Waals surface area (Å²) in [5.41, 5.74) is 3.60. The summed E-state index contributed by atoms with van der Waals surface area (Å²) in [6.07, 6.45) is 4.25. The summed E-state index contributed by atoms with van der Waals surface area (Å²) in [7, 11) is 1.53. The number of benzene rings is 1. The Bertz CT molecular complexity index is 779. The molecule has 0 radical (unpaired) electrons. The van der Waals surface area contributed by atoms with Gasteiger partial charge in [0.15, 0.2) is 0 Å². The van der Waals surface area contributed by atoms with Gasteiger partial charge in [0, 0.05) is 23.5 Å². The quantitative estimate of drug-likeness (QED) is 0.317. The van der Waals surface area contributed by atoms with Gasteiger partial charge in [-0.05, 0) is 43.0 Å². The second kappa shape index (κ2) is 10.5. The van der Waals surface area contributed by atoms with Crippen LogP contribution in [0.1, 0.15) is 43.4 Å². The first-order chi connectivity index (χ1) is 12.3. The van der Waals surface area contributed by atoms with Crippen LogP contribution in [0.15, 0.2) is 30.5 Å². The van der Waals surface area contributed by atoms with Crippen LogP contribution in [0.2, 0.25) is 5.15 Å². The Hall–Kier alpha value is -2.47. The van der Waals surface area contributed by atoms with Gasteiger partial charge in [-0.3, -0.25) is 10.1 Å². The second-order valence-electron chi connectivity index (χ2n) is 5.66. The molecule has 1 N–H and O–H groups in total. The van der Waals surface area contributed by atoms with E-state index in [0.717, 1.165) is 36.0 Å². The van der Waals surface area contributed by atoms with E-state index in [1.54, 1.807) is 18.3 Å². The van der Waals surface area contributed by atoms with Gasteiger partial charge in [-0.2, -0.15) is 0 Å². The van der Waals surface area contributed by atoms with Crippen LogP contribution >= 0.6 is 11.6 Å². The van der Waals surface area contributed by atoms with E-state index in [4.69, 9.17) is 21.7 Å². The van der Waals surface area contributed by atoms with Gasteiger partial charge in [0.25, 0.3) is 5.69 Å². The van der Waals surface area contributed by atoms with Crippen LogP contribution in [0.4, 0.5) is 5.69 Å². The standard InChI is InChI=1S/C10H13NO3.C9H11ClN2/c1-3-4-8-5-6-9(11(12)13)7-10(8)14-2;1-3-8(11)7-5-12-9(10)4-6(7)2/h5-7H,3-4H2,1-2H3;4-5,11H,3H2,1-2H3. The van der Waals surface area contributed by atoms with E-state index in [2.05, 4.69) is 11.9 Å². The number of rotatable bonds is 6. The normalized spacial score (nSPS) is 9.88. The summed E-state index contributed by atoms with van der Waals surface area (Å²) in [4.78, 5) is 14.0. The molecule has 0 spiro atoms. The molecule has 0 aliphatic rings. The number of nitrogens with zero attached hydrogens (tertiary/aromatic N) is 2. The Labute approximate surface area is 158 Å². The van der Waals surface area contributed by atoms with Gasteiger partial charge in [-0.1, -0.05) is 31.9 Å². The SMILES string of the molecule is CCC(=N)c1cnc(Cl)cc1C.CCCc1ccc([N+](=O)[O-])cc1OC. The minimum absolute atomic E-state index is 0.0710. The van der Waals surface area contributed by atoms with E-state index >= 15 is 0 Å². The first-order valence-corrected chi connectivity index (χ1v) is 8.73. The summed E-state index contributed by atoms with van der Waals surface area (Å²) in [5.74, 6) is 0.598. The van der Waals surface area contributed by atoms with E-state index < -0.39 is 4.92 Å².